The molecule has 2 aromatic heterocycles. The fraction of sp³-hybridized carbons (Fsp3) is 0.348. The van der Waals surface area contributed by atoms with Crippen LogP contribution in [0.1, 0.15) is 45.8 Å². The summed E-state index contributed by atoms with van der Waals surface area (Å²) in [7, 11) is 0. The van der Waals surface area contributed by atoms with E-state index in [9.17, 15) is 9.90 Å². The molecule has 0 saturated heterocycles. The molecule has 3 heterocycles. The Bertz CT molecular complexity index is 988. The van der Waals surface area contributed by atoms with Gasteiger partial charge >= 0.3 is 0 Å². The van der Waals surface area contributed by atoms with Crippen LogP contribution in [0.25, 0.3) is 0 Å². The standard InChI is InChI=1S/C23H27N5O2/c1-17(19-5-3-2-4-6-19)25-23(30)22-20-16-27(15-18-7-10-24-11-8-18)12-9-21(20)28(26-22)13-14-29/h2-8,10-11,17,29H,9,12-16H2,1H3,(H,25,30). The summed E-state index contributed by atoms with van der Waals surface area (Å²) >= 11 is 0. The van der Waals surface area contributed by atoms with Gasteiger partial charge in [0.2, 0.25) is 0 Å². The van der Waals surface area contributed by atoms with Crippen LogP contribution in [-0.4, -0.2) is 43.8 Å². The molecule has 4 rings (SSSR count). The first-order valence-corrected chi connectivity index (χ1v) is 10.3. The number of benzene rings is 1. The third-order valence-electron chi connectivity index (χ3n) is 5.54. The average Bonchev–Trinajstić information content (AvgIpc) is 3.13. The summed E-state index contributed by atoms with van der Waals surface area (Å²) in [4.78, 5) is 19.5. The second-order valence-electron chi connectivity index (χ2n) is 7.64. The second kappa shape index (κ2) is 9.19. The van der Waals surface area contributed by atoms with Crippen LogP contribution >= 0.6 is 0 Å². The molecule has 0 saturated carbocycles. The van der Waals surface area contributed by atoms with Gasteiger partial charge in [0.25, 0.3) is 5.91 Å². The monoisotopic (exact) mass is 405 g/mol. The van der Waals surface area contributed by atoms with E-state index in [1.807, 2.05) is 49.4 Å². The Morgan fingerprint density at radius 2 is 1.97 bits per heavy atom. The summed E-state index contributed by atoms with van der Waals surface area (Å²) in [6.45, 7) is 4.71. The second-order valence-corrected chi connectivity index (χ2v) is 7.64. The van der Waals surface area contributed by atoms with Crippen LogP contribution < -0.4 is 5.32 Å². The Morgan fingerprint density at radius 1 is 1.20 bits per heavy atom. The quantitative estimate of drug-likeness (QED) is 0.630. The maximum Gasteiger partial charge on any atom is 0.272 e. The van der Waals surface area contributed by atoms with Crippen molar-refractivity contribution in [1.29, 1.82) is 0 Å². The van der Waals surface area contributed by atoms with Gasteiger partial charge in [0, 0.05) is 49.7 Å². The molecule has 1 amide bonds. The lowest BCUT2D eigenvalue weighted by molar-refractivity contribution is 0.0931. The molecule has 156 valence electrons. The number of aliphatic hydroxyl groups excluding tert-OH is 1. The molecule has 0 spiro atoms. The van der Waals surface area contributed by atoms with Crippen molar-refractivity contribution < 1.29 is 9.90 Å². The molecule has 1 aromatic carbocycles. The van der Waals surface area contributed by atoms with Gasteiger partial charge in [-0.15, -0.1) is 0 Å². The van der Waals surface area contributed by atoms with Gasteiger partial charge in [0.1, 0.15) is 0 Å². The van der Waals surface area contributed by atoms with E-state index >= 15 is 0 Å². The molecule has 0 radical (unpaired) electrons. The average molecular weight is 406 g/mol. The first-order valence-electron chi connectivity index (χ1n) is 10.3. The van der Waals surface area contributed by atoms with Gasteiger partial charge < -0.3 is 10.4 Å². The van der Waals surface area contributed by atoms with Crippen LogP contribution in [0.3, 0.4) is 0 Å². The lowest BCUT2D eigenvalue weighted by atomic mass is 10.0. The van der Waals surface area contributed by atoms with Crippen LogP contribution in [0, 0.1) is 0 Å². The number of aliphatic hydroxyl groups is 1. The van der Waals surface area contributed by atoms with Crippen LogP contribution in [0.5, 0.6) is 0 Å². The van der Waals surface area contributed by atoms with Crippen LogP contribution in [-0.2, 0) is 26.1 Å². The number of nitrogens with one attached hydrogen (secondary N) is 1. The normalized spacial score (nSPS) is 14.9. The van der Waals surface area contributed by atoms with Crippen molar-refractivity contribution in [3.8, 4) is 0 Å². The number of carbonyl (C=O) groups is 1. The zero-order valence-electron chi connectivity index (χ0n) is 17.2. The SMILES string of the molecule is CC(NC(=O)c1nn(CCO)c2c1CN(Cc1ccncc1)CC2)c1ccccc1. The summed E-state index contributed by atoms with van der Waals surface area (Å²) in [5, 5.41) is 17.1. The van der Waals surface area contributed by atoms with Crippen molar-refractivity contribution in [2.45, 2.75) is 39.0 Å². The number of hydrogen-bond acceptors (Lipinski definition) is 5. The first kappa shape index (κ1) is 20.3. The van der Waals surface area contributed by atoms with Crippen molar-refractivity contribution in [1.82, 2.24) is 25.0 Å². The molecule has 7 nitrogen and oxygen atoms in total. The first-order chi connectivity index (χ1) is 14.7. The zero-order chi connectivity index (χ0) is 20.9. The highest BCUT2D eigenvalue weighted by molar-refractivity contribution is 5.94. The van der Waals surface area contributed by atoms with Crippen LogP contribution in [0.2, 0.25) is 0 Å². The molecule has 7 heteroatoms. The predicted octanol–water partition coefficient (Wildman–Crippen LogP) is 2.32. The van der Waals surface area contributed by atoms with E-state index in [4.69, 9.17) is 0 Å². The van der Waals surface area contributed by atoms with Gasteiger partial charge in [-0.25, -0.2) is 0 Å². The Balaban J connectivity index is 1.55. The van der Waals surface area contributed by atoms with Crippen LogP contribution in [0.4, 0.5) is 0 Å². The fourth-order valence-electron chi connectivity index (χ4n) is 3.98. The number of nitrogens with zero attached hydrogens (tertiary/aromatic N) is 4. The van der Waals surface area contributed by atoms with Crippen LogP contribution in [0.15, 0.2) is 54.9 Å². The highest BCUT2D eigenvalue weighted by atomic mass is 16.3. The largest absolute Gasteiger partial charge is 0.394 e. The summed E-state index contributed by atoms with van der Waals surface area (Å²) in [5.74, 6) is -0.176. The topological polar surface area (TPSA) is 83.3 Å². The summed E-state index contributed by atoms with van der Waals surface area (Å²) in [6.07, 6.45) is 4.40. The van der Waals surface area contributed by atoms with Crippen molar-refractivity contribution >= 4 is 5.91 Å². The Labute approximate surface area is 176 Å². The van der Waals surface area contributed by atoms with E-state index in [-0.39, 0.29) is 18.6 Å². The fourth-order valence-corrected chi connectivity index (χ4v) is 3.98. The van der Waals surface area contributed by atoms with Gasteiger partial charge in [-0.1, -0.05) is 30.3 Å². The summed E-state index contributed by atoms with van der Waals surface area (Å²) in [6, 6.07) is 13.8. The van der Waals surface area contributed by atoms with Gasteiger partial charge in [0.05, 0.1) is 19.2 Å². The number of amides is 1. The van der Waals surface area contributed by atoms with Gasteiger partial charge in [-0.2, -0.15) is 5.10 Å². The lowest BCUT2D eigenvalue weighted by Crippen LogP contribution is -2.33. The molecule has 3 aromatic rings. The Morgan fingerprint density at radius 3 is 2.70 bits per heavy atom. The van der Waals surface area contributed by atoms with E-state index in [0.717, 1.165) is 36.3 Å². The van der Waals surface area contributed by atoms with E-state index < -0.39 is 0 Å². The molecule has 1 aliphatic heterocycles. The minimum atomic E-state index is -0.176. The highest BCUT2D eigenvalue weighted by Crippen LogP contribution is 2.25. The molecular weight excluding hydrogens is 378 g/mol. The van der Waals surface area contributed by atoms with E-state index in [2.05, 4.69) is 20.3 Å². The zero-order valence-corrected chi connectivity index (χ0v) is 17.2. The lowest BCUT2D eigenvalue weighted by Gasteiger charge is -2.27. The minimum absolute atomic E-state index is 0.00364. The molecule has 30 heavy (non-hydrogen) atoms. The van der Waals surface area contributed by atoms with Crippen molar-refractivity contribution in [2.24, 2.45) is 0 Å². The molecule has 1 aliphatic rings. The minimum Gasteiger partial charge on any atom is -0.394 e. The summed E-state index contributed by atoms with van der Waals surface area (Å²) in [5.41, 5.74) is 4.71. The van der Waals surface area contributed by atoms with Gasteiger partial charge in [-0.3, -0.25) is 19.4 Å². The Kier molecular flexibility index (Phi) is 6.21. The number of fused-ring (bicyclic) bond motifs is 1. The molecule has 0 aliphatic carbocycles. The molecule has 1 atom stereocenters. The number of rotatable bonds is 7. The van der Waals surface area contributed by atoms with E-state index in [1.165, 1.54) is 5.56 Å². The molecule has 0 bridgehead atoms. The maximum absolute atomic E-state index is 13.1. The highest BCUT2D eigenvalue weighted by Gasteiger charge is 2.28. The molecule has 2 N–H and O–H groups in total. The van der Waals surface area contributed by atoms with Gasteiger partial charge in [0.15, 0.2) is 5.69 Å². The third kappa shape index (κ3) is 4.42. The Hall–Kier alpha value is -3.03. The number of aromatic nitrogens is 3. The number of carbonyl (C=O) groups excluding carboxylic acids is 1. The van der Waals surface area contributed by atoms with Crippen molar-refractivity contribution in [3.63, 3.8) is 0 Å². The third-order valence-corrected chi connectivity index (χ3v) is 5.54. The van der Waals surface area contributed by atoms with Gasteiger partial charge in [-0.05, 0) is 30.2 Å². The molecule has 1 unspecified atom stereocenters. The molecular formula is C23H27N5O2. The molecule has 0 fully saturated rings. The van der Waals surface area contributed by atoms with E-state index in [1.54, 1.807) is 17.1 Å². The van der Waals surface area contributed by atoms with E-state index in [0.29, 0.717) is 18.8 Å². The van der Waals surface area contributed by atoms with Crippen molar-refractivity contribution in [3.05, 3.63) is 82.9 Å². The van der Waals surface area contributed by atoms with Crippen molar-refractivity contribution in [2.75, 3.05) is 13.2 Å². The summed E-state index contributed by atoms with van der Waals surface area (Å²) < 4.78 is 1.79. The predicted molar refractivity (Wildman–Crippen MR) is 114 cm³/mol. The maximum atomic E-state index is 13.1. The smallest absolute Gasteiger partial charge is 0.272 e. The number of pyridine rings is 1. The number of hydrogen-bond donors (Lipinski definition) is 2.